The largest absolute Gasteiger partial charge is 0.465 e. The van der Waals surface area contributed by atoms with Crippen LogP contribution in [0.4, 0.5) is 0 Å². The molecule has 0 saturated heterocycles. The lowest BCUT2D eigenvalue weighted by atomic mass is 9.89. The van der Waals surface area contributed by atoms with Crippen molar-refractivity contribution in [2.75, 3.05) is 7.11 Å². The molecule has 0 unspecified atom stereocenters. The first-order chi connectivity index (χ1) is 9.39. The van der Waals surface area contributed by atoms with Crippen molar-refractivity contribution in [2.24, 2.45) is 5.73 Å². The molecule has 0 spiro atoms. The van der Waals surface area contributed by atoms with E-state index in [9.17, 15) is 13.2 Å². The lowest BCUT2D eigenvalue weighted by molar-refractivity contribution is 0.0600. The Balaban J connectivity index is 2.03. The van der Waals surface area contributed by atoms with Gasteiger partial charge >= 0.3 is 5.97 Å². The van der Waals surface area contributed by atoms with Gasteiger partial charge in [-0.1, -0.05) is 12.1 Å². The molecule has 1 aliphatic rings. The molecular formula is C13H18N2O4S. The van der Waals surface area contributed by atoms with Gasteiger partial charge in [0.05, 0.1) is 18.4 Å². The number of carbonyl (C=O) groups is 1. The summed E-state index contributed by atoms with van der Waals surface area (Å²) in [5.41, 5.74) is 6.51. The number of carbonyl (C=O) groups excluding carboxylic acids is 1. The van der Waals surface area contributed by atoms with Gasteiger partial charge in [0, 0.05) is 12.1 Å². The molecular weight excluding hydrogens is 280 g/mol. The number of rotatable bonds is 5. The van der Waals surface area contributed by atoms with E-state index in [1.165, 1.54) is 13.2 Å². The minimum atomic E-state index is -3.43. The third-order valence-corrected chi connectivity index (χ3v) is 4.63. The van der Waals surface area contributed by atoms with Crippen molar-refractivity contribution in [2.45, 2.75) is 30.7 Å². The molecule has 6 nitrogen and oxygen atoms in total. The van der Waals surface area contributed by atoms with E-state index in [2.05, 4.69) is 9.46 Å². The van der Waals surface area contributed by atoms with E-state index < -0.39 is 16.0 Å². The highest BCUT2D eigenvalue weighted by Crippen LogP contribution is 2.19. The Morgan fingerprint density at radius 1 is 1.45 bits per heavy atom. The second-order valence-electron chi connectivity index (χ2n) is 5.00. The normalized spacial score (nSPS) is 22.1. The van der Waals surface area contributed by atoms with Gasteiger partial charge in [-0.15, -0.1) is 0 Å². The SMILES string of the molecule is COC(=O)c1cccc(CS(=O)(=O)NC2CC(N)C2)c1. The third-order valence-electron chi connectivity index (χ3n) is 3.23. The molecule has 0 atom stereocenters. The minimum absolute atomic E-state index is 0.0706. The van der Waals surface area contributed by atoms with Crippen molar-refractivity contribution in [3.8, 4) is 0 Å². The molecule has 20 heavy (non-hydrogen) atoms. The summed E-state index contributed by atoms with van der Waals surface area (Å²) >= 11 is 0. The predicted octanol–water partition coefficient (Wildman–Crippen LogP) is 0.382. The fourth-order valence-corrected chi connectivity index (χ4v) is 3.58. The second kappa shape index (κ2) is 5.90. The Morgan fingerprint density at radius 3 is 2.75 bits per heavy atom. The minimum Gasteiger partial charge on any atom is -0.465 e. The first-order valence-corrected chi connectivity index (χ1v) is 7.97. The van der Waals surface area contributed by atoms with Crippen LogP contribution in [0.3, 0.4) is 0 Å². The first kappa shape index (κ1) is 15.0. The second-order valence-corrected chi connectivity index (χ2v) is 6.75. The zero-order chi connectivity index (χ0) is 14.8. The average Bonchev–Trinajstić information content (AvgIpc) is 2.35. The van der Waals surface area contributed by atoms with Gasteiger partial charge in [0.1, 0.15) is 0 Å². The van der Waals surface area contributed by atoms with Gasteiger partial charge in [-0.05, 0) is 30.5 Å². The Hall–Kier alpha value is -1.44. The van der Waals surface area contributed by atoms with Crippen LogP contribution in [-0.2, 0) is 20.5 Å². The van der Waals surface area contributed by atoms with Crippen LogP contribution in [0.5, 0.6) is 0 Å². The lowest BCUT2D eigenvalue weighted by Crippen LogP contribution is -2.50. The van der Waals surface area contributed by atoms with E-state index in [0.29, 0.717) is 24.0 Å². The number of nitrogens with one attached hydrogen (secondary N) is 1. The number of esters is 1. The Labute approximate surface area is 118 Å². The number of hydrogen-bond acceptors (Lipinski definition) is 5. The summed E-state index contributed by atoms with van der Waals surface area (Å²) in [7, 11) is -2.14. The zero-order valence-corrected chi connectivity index (χ0v) is 12.0. The van der Waals surface area contributed by atoms with Crippen molar-refractivity contribution in [3.05, 3.63) is 35.4 Å². The average molecular weight is 298 g/mol. The van der Waals surface area contributed by atoms with Crippen LogP contribution in [0.15, 0.2) is 24.3 Å². The van der Waals surface area contributed by atoms with Gasteiger partial charge in [-0.3, -0.25) is 0 Å². The van der Waals surface area contributed by atoms with Gasteiger partial charge in [-0.25, -0.2) is 17.9 Å². The number of ether oxygens (including phenoxy) is 1. The molecule has 1 aliphatic carbocycles. The van der Waals surface area contributed by atoms with Crippen LogP contribution in [0.25, 0.3) is 0 Å². The monoisotopic (exact) mass is 298 g/mol. The topological polar surface area (TPSA) is 98.5 Å². The summed E-state index contributed by atoms with van der Waals surface area (Å²) in [6.45, 7) is 0. The maximum Gasteiger partial charge on any atom is 0.337 e. The molecule has 0 bridgehead atoms. The summed E-state index contributed by atoms with van der Waals surface area (Å²) in [4.78, 5) is 11.4. The summed E-state index contributed by atoms with van der Waals surface area (Å²) in [6, 6.07) is 6.43. The van der Waals surface area contributed by atoms with Gasteiger partial charge in [0.25, 0.3) is 0 Å². The summed E-state index contributed by atoms with van der Waals surface area (Å²) in [6.07, 6.45) is 1.34. The van der Waals surface area contributed by atoms with Crippen LogP contribution in [-0.4, -0.2) is 33.6 Å². The van der Waals surface area contributed by atoms with E-state index >= 15 is 0 Å². The Kier molecular flexibility index (Phi) is 4.42. The van der Waals surface area contributed by atoms with Gasteiger partial charge < -0.3 is 10.5 Å². The Morgan fingerprint density at radius 2 is 2.15 bits per heavy atom. The summed E-state index contributed by atoms with van der Waals surface area (Å²) < 4.78 is 31.2. The molecule has 0 aromatic heterocycles. The zero-order valence-electron chi connectivity index (χ0n) is 11.2. The number of hydrogen-bond donors (Lipinski definition) is 2. The third kappa shape index (κ3) is 3.78. The molecule has 1 saturated carbocycles. The van der Waals surface area contributed by atoms with Crippen LogP contribution in [0.1, 0.15) is 28.8 Å². The van der Waals surface area contributed by atoms with Crippen LogP contribution in [0.2, 0.25) is 0 Å². The van der Waals surface area contributed by atoms with Crippen molar-refractivity contribution >= 4 is 16.0 Å². The molecule has 0 aliphatic heterocycles. The van der Waals surface area contributed by atoms with Crippen molar-refractivity contribution in [1.29, 1.82) is 0 Å². The van der Waals surface area contributed by atoms with E-state index in [-0.39, 0.29) is 17.8 Å². The highest BCUT2D eigenvalue weighted by molar-refractivity contribution is 7.88. The maximum absolute atomic E-state index is 12.0. The van der Waals surface area contributed by atoms with E-state index in [4.69, 9.17) is 5.73 Å². The van der Waals surface area contributed by atoms with Crippen molar-refractivity contribution in [1.82, 2.24) is 4.72 Å². The van der Waals surface area contributed by atoms with Gasteiger partial charge in [0.2, 0.25) is 10.0 Å². The number of benzene rings is 1. The van der Waals surface area contributed by atoms with Gasteiger partial charge in [0.15, 0.2) is 0 Å². The summed E-state index contributed by atoms with van der Waals surface area (Å²) in [5.74, 6) is -0.647. The number of methoxy groups -OCH3 is 1. The van der Waals surface area contributed by atoms with Crippen molar-refractivity contribution in [3.63, 3.8) is 0 Å². The van der Waals surface area contributed by atoms with E-state index in [1.54, 1.807) is 18.2 Å². The summed E-state index contributed by atoms with van der Waals surface area (Å²) in [5, 5.41) is 0. The standard InChI is InChI=1S/C13H18N2O4S/c1-19-13(16)10-4-2-3-9(5-10)8-20(17,18)15-12-6-11(14)7-12/h2-5,11-12,15H,6-8,14H2,1H3. The molecule has 110 valence electrons. The predicted molar refractivity (Wildman–Crippen MR) is 74.5 cm³/mol. The number of sulfonamides is 1. The Bertz CT molecular complexity index is 594. The van der Waals surface area contributed by atoms with E-state index in [0.717, 1.165) is 0 Å². The fourth-order valence-electron chi connectivity index (χ4n) is 2.18. The highest BCUT2D eigenvalue weighted by Gasteiger charge is 2.29. The molecule has 1 aromatic carbocycles. The van der Waals surface area contributed by atoms with E-state index in [1.807, 2.05) is 0 Å². The molecule has 7 heteroatoms. The van der Waals surface area contributed by atoms with Gasteiger partial charge in [-0.2, -0.15) is 0 Å². The fraction of sp³-hybridized carbons (Fsp3) is 0.462. The molecule has 0 radical (unpaired) electrons. The molecule has 1 aromatic rings. The van der Waals surface area contributed by atoms with Crippen LogP contribution in [0, 0.1) is 0 Å². The quantitative estimate of drug-likeness (QED) is 0.766. The maximum atomic E-state index is 12.0. The molecule has 1 fully saturated rings. The molecule has 2 rings (SSSR count). The molecule has 0 amide bonds. The number of nitrogens with two attached hydrogens (primary N) is 1. The smallest absolute Gasteiger partial charge is 0.337 e. The van der Waals surface area contributed by atoms with Crippen molar-refractivity contribution < 1.29 is 17.9 Å². The lowest BCUT2D eigenvalue weighted by Gasteiger charge is -2.32. The van der Waals surface area contributed by atoms with Crippen LogP contribution < -0.4 is 10.5 Å². The molecule has 3 N–H and O–H groups in total. The highest BCUT2D eigenvalue weighted by atomic mass is 32.2. The molecule has 0 heterocycles. The van der Waals surface area contributed by atoms with Crippen LogP contribution >= 0.6 is 0 Å². The first-order valence-electron chi connectivity index (χ1n) is 6.32.